The van der Waals surface area contributed by atoms with Crippen molar-refractivity contribution in [3.05, 3.63) is 47.4 Å². The first-order valence-electron chi connectivity index (χ1n) is 8.58. The minimum atomic E-state index is -0.202. The van der Waals surface area contributed by atoms with Gasteiger partial charge in [-0.1, -0.05) is 0 Å². The number of hydrogen-bond acceptors (Lipinski definition) is 5. The number of hydrogen-bond donors (Lipinski definition) is 1. The van der Waals surface area contributed by atoms with Crippen molar-refractivity contribution in [3.8, 4) is 5.88 Å². The predicted octanol–water partition coefficient (Wildman–Crippen LogP) is 2.82. The minimum Gasteiger partial charge on any atom is -0.474 e. The topological polar surface area (TPSA) is 67.3 Å². The van der Waals surface area contributed by atoms with Crippen LogP contribution in [0.25, 0.3) is 0 Å². The number of pyridine rings is 2. The summed E-state index contributed by atoms with van der Waals surface area (Å²) in [6.07, 6.45) is 3.75. The lowest BCUT2D eigenvalue weighted by Gasteiger charge is -2.28. The van der Waals surface area contributed by atoms with Crippen molar-refractivity contribution in [3.63, 3.8) is 0 Å². The van der Waals surface area contributed by atoms with E-state index in [0.717, 1.165) is 37.3 Å². The average molecular weight is 340 g/mol. The molecule has 1 saturated heterocycles. The lowest BCUT2D eigenvalue weighted by Crippen LogP contribution is -2.35. The predicted molar refractivity (Wildman–Crippen MR) is 97.0 cm³/mol. The van der Waals surface area contributed by atoms with Crippen molar-refractivity contribution in [1.82, 2.24) is 14.9 Å². The van der Waals surface area contributed by atoms with E-state index in [1.807, 2.05) is 26.0 Å². The quantitative estimate of drug-likeness (QED) is 0.927. The molecule has 0 aliphatic carbocycles. The van der Waals surface area contributed by atoms with Gasteiger partial charge in [-0.25, -0.2) is 4.98 Å². The molecule has 6 nitrogen and oxygen atoms in total. The summed E-state index contributed by atoms with van der Waals surface area (Å²) in [5.74, 6) is 0.367. The van der Waals surface area contributed by atoms with Gasteiger partial charge < -0.3 is 15.0 Å². The maximum atomic E-state index is 12.4. The van der Waals surface area contributed by atoms with Crippen LogP contribution in [0.3, 0.4) is 0 Å². The molecular formula is C19H24N4O2. The third-order valence-corrected chi connectivity index (χ3v) is 4.42. The van der Waals surface area contributed by atoms with Crippen LogP contribution in [0.15, 0.2) is 30.5 Å². The molecule has 25 heavy (non-hydrogen) atoms. The van der Waals surface area contributed by atoms with Gasteiger partial charge in [0.05, 0.1) is 16.9 Å². The van der Waals surface area contributed by atoms with Gasteiger partial charge in [0.15, 0.2) is 0 Å². The van der Waals surface area contributed by atoms with Crippen LogP contribution in [0, 0.1) is 13.8 Å². The summed E-state index contributed by atoms with van der Waals surface area (Å²) in [5.41, 5.74) is 2.93. The third-order valence-electron chi connectivity index (χ3n) is 4.42. The van der Waals surface area contributed by atoms with Crippen LogP contribution in [-0.2, 0) is 0 Å². The van der Waals surface area contributed by atoms with Crippen LogP contribution >= 0.6 is 0 Å². The molecule has 6 heteroatoms. The second-order valence-corrected chi connectivity index (χ2v) is 6.55. The van der Waals surface area contributed by atoms with Gasteiger partial charge in [-0.2, -0.15) is 0 Å². The highest BCUT2D eigenvalue weighted by Gasteiger charge is 2.18. The molecule has 0 unspecified atom stereocenters. The van der Waals surface area contributed by atoms with E-state index in [-0.39, 0.29) is 12.0 Å². The monoisotopic (exact) mass is 340 g/mol. The summed E-state index contributed by atoms with van der Waals surface area (Å²) in [6, 6.07) is 7.23. The second-order valence-electron chi connectivity index (χ2n) is 6.55. The van der Waals surface area contributed by atoms with Crippen molar-refractivity contribution in [2.24, 2.45) is 0 Å². The van der Waals surface area contributed by atoms with Crippen molar-refractivity contribution in [2.75, 3.05) is 25.5 Å². The molecule has 0 saturated carbocycles. The van der Waals surface area contributed by atoms with E-state index >= 15 is 0 Å². The number of nitrogens with one attached hydrogen (secondary N) is 1. The molecule has 3 heterocycles. The van der Waals surface area contributed by atoms with Crippen molar-refractivity contribution in [2.45, 2.75) is 32.8 Å². The Balaban J connectivity index is 1.60. The molecule has 2 aromatic rings. The molecule has 1 fully saturated rings. The van der Waals surface area contributed by atoms with Gasteiger partial charge in [-0.3, -0.25) is 9.78 Å². The van der Waals surface area contributed by atoms with Gasteiger partial charge in [0, 0.05) is 31.0 Å². The van der Waals surface area contributed by atoms with Gasteiger partial charge in [0.25, 0.3) is 5.91 Å². The molecule has 1 amide bonds. The fourth-order valence-electron chi connectivity index (χ4n) is 2.87. The van der Waals surface area contributed by atoms with Crippen LogP contribution < -0.4 is 10.1 Å². The van der Waals surface area contributed by atoms with E-state index in [0.29, 0.717) is 17.1 Å². The molecule has 132 valence electrons. The fraction of sp³-hybridized carbons (Fsp3) is 0.421. The summed E-state index contributed by atoms with van der Waals surface area (Å²) in [5, 5.41) is 2.87. The Morgan fingerprint density at radius 3 is 2.60 bits per heavy atom. The number of rotatable bonds is 4. The molecule has 0 bridgehead atoms. The number of aryl methyl sites for hydroxylation is 2. The molecule has 1 aliphatic heterocycles. The second kappa shape index (κ2) is 7.61. The summed E-state index contributed by atoms with van der Waals surface area (Å²) >= 11 is 0. The Kier molecular flexibility index (Phi) is 5.28. The number of carbonyl (C=O) groups is 1. The van der Waals surface area contributed by atoms with Crippen molar-refractivity contribution in [1.29, 1.82) is 0 Å². The SMILES string of the molecule is Cc1ccc(NC(=O)c2ccc(OC3CCN(C)CC3)nc2)c(C)n1. The van der Waals surface area contributed by atoms with Gasteiger partial charge in [-0.05, 0) is 51.9 Å². The third kappa shape index (κ3) is 4.54. The first-order chi connectivity index (χ1) is 12.0. The molecule has 1 aliphatic rings. The van der Waals surface area contributed by atoms with Gasteiger partial charge >= 0.3 is 0 Å². The smallest absolute Gasteiger partial charge is 0.257 e. The lowest BCUT2D eigenvalue weighted by atomic mass is 10.1. The van der Waals surface area contributed by atoms with Crippen molar-refractivity contribution >= 4 is 11.6 Å². The Morgan fingerprint density at radius 2 is 1.96 bits per heavy atom. The van der Waals surface area contributed by atoms with Crippen LogP contribution in [0.1, 0.15) is 34.6 Å². The summed E-state index contributed by atoms with van der Waals surface area (Å²) < 4.78 is 5.91. The highest BCUT2D eigenvalue weighted by atomic mass is 16.5. The lowest BCUT2D eigenvalue weighted by molar-refractivity contribution is 0.102. The maximum absolute atomic E-state index is 12.4. The van der Waals surface area contributed by atoms with Gasteiger partial charge in [0.1, 0.15) is 6.10 Å². The Hall–Kier alpha value is -2.47. The maximum Gasteiger partial charge on any atom is 0.257 e. The molecule has 0 aromatic carbocycles. The standard InChI is InChI=1S/C19H24N4O2/c1-13-4-6-17(14(2)21-13)22-19(24)15-5-7-18(20-12-15)25-16-8-10-23(3)11-9-16/h4-7,12,16H,8-11H2,1-3H3,(H,22,24). The zero-order chi connectivity index (χ0) is 17.8. The van der Waals surface area contributed by atoms with E-state index in [1.54, 1.807) is 18.3 Å². The van der Waals surface area contributed by atoms with Crippen LogP contribution in [0.2, 0.25) is 0 Å². The Morgan fingerprint density at radius 1 is 1.20 bits per heavy atom. The molecular weight excluding hydrogens is 316 g/mol. The average Bonchev–Trinajstić information content (AvgIpc) is 2.60. The van der Waals surface area contributed by atoms with Gasteiger partial charge in [-0.15, -0.1) is 0 Å². The van der Waals surface area contributed by atoms with E-state index < -0.39 is 0 Å². The first-order valence-corrected chi connectivity index (χ1v) is 8.58. The number of amides is 1. The number of ether oxygens (including phenoxy) is 1. The van der Waals surface area contributed by atoms with E-state index in [9.17, 15) is 4.79 Å². The highest BCUT2D eigenvalue weighted by molar-refractivity contribution is 6.04. The number of aromatic nitrogens is 2. The van der Waals surface area contributed by atoms with E-state index in [1.165, 1.54) is 0 Å². The molecule has 0 atom stereocenters. The summed E-state index contributed by atoms with van der Waals surface area (Å²) in [7, 11) is 2.12. The number of nitrogens with zero attached hydrogens (tertiary/aromatic N) is 3. The van der Waals surface area contributed by atoms with E-state index in [4.69, 9.17) is 4.74 Å². The zero-order valence-corrected chi connectivity index (χ0v) is 15.0. The summed E-state index contributed by atoms with van der Waals surface area (Å²) in [6.45, 7) is 5.87. The molecule has 2 aromatic heterocycles. The zero-order valence-electron chi connectivity index (χ0n) is 15.0. The van der Waals surface area contributed by atoms with Crippen LogP contribution in [0.4, 0.5) is 5.69 Å². The minimum absolute atomic E-state index is 0.199. The first kappa shape index (κ1) is 17.4. The normalized spacial score (nSPS) is 15.8. The molecule has 0 spiro atoms. The fourth-order valence-corrected chi connectivity index (χ4v) is 2.87. The molecule has 3 rings (SSSR count). The van der Waals surface area contributed by atoms with E-state index in [2.05, 4.69) is 27.2 Å². The van der Waals surface area contributed by atoms with Crippen LogP contribution in [-0.4, -0.2) is 47.0 Å². The largest absolute Gasteiger partial charge is 0.474 e. The van der Waals surface area contributed by atoms with Crippen LogP contribution in [0.5, 0.6) is 5.88 Å². The Bertz CT molecular complexity index is 738. The Labute approximate surface area is 148 Å². The number of likely N-dealkylation sites (tertiary alicyclic amines) is 1. The molecule has 0 radical (unpaired) electrons. The number of piperidine rings is 1. The van der Waals surface area contributed by atoms with Crippen molar-refractivity contribution < 1.29 is 9.53 Å². The summed E-state index contributed by atoms with van der Waals surface area (Å²) in [4.78, 5) is 23.3. The molecule has 1 N–H and O–H groups in total. The number of carbonyl (C=O) groups excluding carboxylic acids is 1. The van der Waals surface area contributed by atoms with Gasteiger partial charge in [0.2, 0.25) is 5.88 Å². The number of anilines is 1. The highest BCUT2D eigenvalue weighted by Crippen LogP contribution is 2.18.